The molecule has 4 aromatic rings. The zero-order valence-corrected chi connectivity index (χ0v) is 42.1. The average Bonchev–Trinajstić information content (AvgIpc) is 3.60. The summed E-state index contributed by atoms with van der Waals surface area (Å²) in [6, 6.07) is 25.5. The lowest BCUT2D eigenvalue weighted by atomic mass is 10.0. The number of ether oxygens (including phenoxy) is 1. The normalized spacial score (nSPS) is 12.9. The van der Waals surface area contributed by atoms with Gasteiger partial charge in [-0.2, -0.15) is 0 Å². The van der Waals surface area contributed by atoms with Crippen LogP contribution in [0.3, 0.4) is 0 Å². The second-order valence-corrected chi connectivity index (χ2v) is 18.7. The summed E-state index contributed by atoms with van der Waals surface area (Å²) in [5, 5.41) is 24.3. The summed E-state index contributed by atoms with van der Waals surface area (Å²) in [5.74, 6) is -0.901. The standard InChI is InChI=1S/C31H39N3O5.C25H30N4O3.H2/c1-6-13-34(14-8-15-35)30(38)24-17-22-11-12-23(29(37)33-25-10-7-9-21(2)16-25)19-27(22)32-26(18-24)20-28(36)39-31(3,4)5;1-3-10-29(11-5-12-30)25(32)20-14-18-8-9-19(15-22(18)28-23(26)16-20)24(31)27-21-7-4-6-17(2)13-21;/h7,9-12,16-17,19,35H,6,8,13-15,18,20H2,1-5H3,(H,33,37);4,6-9,13-15,30H,3,5,10-12,16H2,1-2H3,(H2,26,28)(H,27,31);1H/i;;1+2. The largest absolute Gasteiger partial charge is 0.460 e. The van der Waals surface area contributed by atoms with Crippen molar-refractivity contribution < 1.29 is 40.3 Å². The Morgan fingerprint density at radius 1 is 0.662 bits per heavy atom. The smallest absolute Gasteiger partial charge is 0.312 e. The number of fused-ring (bicyclic) bond motifs is 2. The highest BCUT2D eigenvalue weighted by Crippen LogP contribution is 2.32. The van der Waals surface area contributed by atoms with Gasteiger partial charge in [0.15, 0.2) is 0 Å². The molecule has 15 heteroatoms. The maximum atomic E-state index is 13.6. The monoisotopic (exact) mass is 972 g/mol. The molecule has 0 aromatic heterocycles. The molecule has 15 nitrogen and oxygen atoms in total. The summed E-state index contributed by atoms with van der Waals surface area (Å²) in [7, 11) is 0. The highest BCUT2D eigenvalue weighted by molar-refractivity contribution is 6.11. The van der Waals surface area contributed by atoms with Crippen molar-refractivity contribution in [2.24, 2.45) is 15.7 Å². The van der Waals surface area contributed by atoms with Crippen molar-refractivity contribution in [1.82, 2.24) is 9.80 Å². The van der Waals surface area contributed by atoms with E-state index in [1.165, 1.54) is 0 Å². The molecule has 0 aliphatic carbocycles. The predicted molar refractivity (Wildman–Crippen MR) is 284 cm³/mol. The van der Waals surface area contributed by atoms with Gasteiger partial charge in [0.25, 0.3) is 11.8 Å². The third kappa shape index (κ3) is 16.7. The maximum Gasteiger partial charge on any atom is 0.312 e. The van der Waals surface area contributed by atoms with Gasteiger partial charge in [0.1, 0.15) is 11.4 Å². The number of aliphatic imine (C=N–C) groups is 2. The number of benzene rings is 4. The van der Waals surface area contributed by atoms with Gasteiger partial charge in [-0.25, -0.2) is 4.99 Å². The van der Waals surface area contributed by atoms with Crippen molar-refractivity contribution in [3.05, 3.63) is 129 Å². The van der Waals surface area contributed by atoms with E-state index >= 15 is 0 Å². The number of nitrogens with two attached hydrogens (primary N) is 1. The number of carbonyl (C=O) groups excluding carboxylic acids is 5. The van der Waals surface area contributed by atoms with Gasteiger partial charge in [0.2, 0.25) is 11.8 Å². The van der Waals surface area contributed by atoms with Crippen LogP contribution in [0.2, 0.25) is 0 Å². The summed E-state index contributed by atoms with van der Waals surface area (Å²) in [5.41, 5.74) is 13.8. The van der Waals surface area contributed by atoms with Crippen molar-refractivity contribution >= 4 is 76.0 Å². The minimum atomic E-state index is -0.655. The van der Waals surface area contributed by atoms with E-state index in [9.17, 15) is 29.1 Å². The molecule has 0 spiro atoms. The average molecular weight is 972 g/mol. The molecule has 0 unspecified atom stereocenters. The van der Waals surface area contributed by atoms with Gasteiger partial charge in [-0.05, 0) is 132 Å². The van der Waals surface area contributed by atoms with Crippen molar-refractivity contribution in [1.29, 1.82) is 0 Å². The number of rotatable bonds is 18. The van der Waals surface area contributed by atoms with Crippen LogP contribution in [0, 0.1) is 13.8 Å². The quantitative estimate of drug-likeness (QED) is 0.0600. The molecule has 71 heavy (non-hydrogen) atoms. The Morgan fingerprint density at radius 3 is 1.56 bits per heavy atom. The van der Waals surface area contributed by atoms with Crippen molar-refractivity contribution in [3.63, 3.8) is 0 Å². The molecule has 0 bridgehead atoms. The van der Waals surface area contributed by atoms with E-state index in [1.807, 2.05) is 76.2 Å². The fourth-order valence-corrected chi connectivity index (χ4v) is 7.98. The number of hydrogen-bond acceptors (Lipinski definition) is 11. The Labute approximate surface area is 419 Å². The van der Waals surface area contributed by atoms with Crippen LogP contribution in [-0.4, -0.2) is 106 Å². The first-order valence-electron chi connectivity index (χ1n) is 24.3. The third-order valence-corrected chi connectivity index (χ3v) is 11.2. The summed E-state index contributed by atoms with van der Waals surface area (Å²) >= 11 is 0. The van der Waals surface area contributed by atoms with Crippen LogP contribution in [0.15, 0.2) is 106 Å². The first-order chi connectivity index (χ1) is 33.9. The molecule has 2 aliphatic heterocycles. The summed E-state index contributed by atoms with van der Waals surface area (Å²) in [6.07, 6.45) is 6.52. The zero-order valence-electron chi connectivity index (χ0n) is 42.1. The highest BCUT2D eigenvalue weighted by Gasteiger charge is 2.26. The summed E-state index contributed by atoms with van der Waals surface area (Å²) in [6.45, 7) is 15.4. The molecule has 0 fully saturated rings. The molecule has 378 valence electrons. The van der Waals surface area contributed by atoms with Gasteiger partial charge in [0.05, 0.1) is 17.8 Å². The van der Waals surface area contributed by atoms with E-state index in [-0.39, 0.29) is 57.5 Å². The molecule has 4 amide bonds. The highest BCUT2D eigenvalue weighted by atomic mass is 16.6. The Hall–Kier alpha value is -7.23. The first-order valence-corrected chi connectivity index (χ1v) is 24.3. The molecule has 2 aliphatic rings. The number of amidine groups is 1. The topological polar surface area (TPSA) is 216 Å². The van der Waals surface area contributed by atoms with Crippen LogP contribution in [0.1, 0.15) is 124 Å². The molecular formula is C56H71N7O8. The molecule has 4 aromatic carbocycles. The van der Waals surface area contributed by atoms with Gasteiger partial charge in [-0.1, -0.05) is 50.2 Å². The van der Waals surface area contributed by atoms with Crippen molar-refractivity contribution in [2.75, 3.05) is 50.0 Å². The first kappa shape index (κ1) is 54.7. The fraction of sp³-hybridized carbons (Fsp3) is 0.375. The number of anilines is 2. The number of nitrogens with one attached hydrogen (secondary N) is 2. The lowest BCUT2D eigenvalue weighted by molar-refractivity contribution is -0.153. The van der Waals surface area contributed by atoms with E-state index in [0.717, 1.165) is 35.2 Å². The lowest BCUT2D eigenvalue weighted by Gasteiger charge is -2.23. The van der Waals surface area contributed by atoms with Crippen molar-refractivity contribution in [2.45, 2.75) is 99.0 Å². The van der Waals surface area contributed by atoms with Gasteiger partial charge < -0.3 is 41.1 Å². The number of amides is 4. The van der Waals surface area contributed by atoms with E-state index in [2.05, 4.69) is 15.6 Å². The summed E-state index contributed by atoms with van der Waals surface area (Å²) < 4.78 is 5.52. The maximum absolute atomic E-state index is 13.6. The molecule has 2 heterocycles. The van der Waals surface area contributed by atoms with Gasteiger partial charge in [0, 0.05) is 104 Å². The minimum absolute atomic E-state index is 0. The summed E-state index contributed by atoms with van der Waals surface area (Å²) in [4.78, 5) is 77.8. The molecule has 0 saturated carbocycles. The molecule has 0 atom stereocenters. The predicted octanol–water partition coefficient (Wildman–Crippen LogP) is 9.35. The number of aryl methyl sites for hydroxylation is 2. The van der Waals surface area contributed by atoms with E-state index in [0.29, 0.717) is 95.5 Å². The third-order valence-electron chi connectivity index (χ3n) is 11.2. The Balaban J connectivity index is 0.000000314. The molecule has 0 saturated heterocycles. The second kappa shape index (κ2) is 26.1. The van der Waals surface area contributed by atoms with E-state index in [1.54, 1.807) is 79.1 Å². The number of aliphatic hydroxyl groups is 2. The minimum Gasteiger partial charge on any atom is -0.460 e. The number of carbonyl (C=O) groups is 5. The molecule has 6 N–H and O–H groups in total. The van der Waals surface area contributed by atoms with Gasteiger partial charge >= 0.3 is 5.97 Å². The number of nitrogens with zero attached hydrogens (tertiary/aromatic N) is 4. The fourth-order valence-electron chi connectivity index (χ4n) is 7.98. The van der Waals surface area contributed by atoms with Crippen LogP contribution in [0.4, 0.5) is 22.7 Å². The Bertz CT molecular complexity index is 2700. The lowest BCUT2D eigenvalue weighted by Crippen LogP contribution is -2.35. The van der Waals surface area contributed by atoms with Crippen LogP contribution < -0.4 is 16.4 Å². The Kier molecular flexibility index (Phi) is 20.1. The number of aliphatic hydroxyl groups excluding tert-OH is 2. The van der Waals surface area contributed by atoms with Crippen LogP contribution in [0.25, 0.3) is 12.2 Å². The van der Waals surface area contributed by atoms with Crippen molar-refractivity contribution in [3.8, 4) is 0 Å². The molecular weight excluding hydrogens is 899 g/mol. The molecule has 0 radical (unpaired) electrons. The Morgan fingerprint density at radius 2 is 1.13 bits per heavy atom. The van der Waals surface area contributed by atoms with Crippen LogP contribution in [0.5, 0.6) is 0 Å². The van der Waals surface area contributed by atoms with E-state index in [4.69, 9.17) is 20.6 Å². The molecule has 6 rings (SSSR count). The zero-order chi connectivity index (χ0) is 51.7. The van der Waals surface area contributed by atoms with Crippen LogP contribution >= 0.6 is 0 Å². The second-order valence-electron chi connectivity index (χ2n) is 18.7. The number of hydrogen-bond donors (Lipinski definition) is 5. The van der Waals surface area contributed by atoms with Gasteiger partial charge in [-0.3, -0.25) is 29.0 Å². The number of esters is 1. The SMILES string of the molecule is CCCN(CCCO)C(=O)C1=Cc2ccc(C(=O)Nc3cccc(C)c3)cc2N=C(CC(=O)OC(C)(C)C)C1.CCCN(CCCO)C(=O)C1=Cc2ccc(C(=O)Nc3cccc(C)c3)cc2N=C(N)C1.[3HH]. The van der Waals surface area contributed by atoms with Gasteiger partial charge in [-0.15, -0.1) is 0 Å². The van der Waals surface area contributed by atoms with E-state index < -0.39 is 11.6 Å². The van der Waals surface area contributed by atoms with Crippen LogP contribution in [-0.2, 0) is 19.1 Å².